The number of aliphatic carboxylic acids is 1. The summed E-state index contributed by atoms with van der Waals surface area (Å²) < 4.78 is 0. The first-order chi connectivity index (χ1) is 11.0. The molecular weight excluding hydrogens is 288 g/mol. The highest BCUT2D eigenvalue weighted by atomic mass is 16.4. The smallest absolute Gasteiger partial charge is 0.306 e. The van der Waals surface area contributed by atoms with E-state index in [1.165, 1.54) is 64.2 Å². The standard InChI is InChI=1S/C20H40O3/c1-3-5-6-7-8-9-10-11-12-13-14-15-17-20(23,16-4-2)18-19(21)22/h23H,3-18H2,1-2H3,(H,21,22). The van der Waals surface area contributed by atoms with Gasteiger partial charge in [-0.1, -0.05) is 97.3 Å². The van der Waals surface area contributed by atoms with Crippen LogP contribution >= 0.6 is 0 Å². The van der Waals surface area contributed by atoms with Crippen LogP contribution in [0.15, 0.2) is 0 Å². The largest absolute Gasteiger partial charge is 0.481 e. The normalized spacial score (nSPS) is 13.9. The molecule has 1 unspecified atom stereocenters. The molecule has 3 nitrogen and oxygen atoms in total. The molecule has 0 aromatic rings. The Morgan fingerprint density at radius 2 is 1.13 bits per heavy atom. The first-order valence-electron chi connectivity index (χ1n) is 9.98. The topological polar surface area (TPSA) is 57.5 Å². The van der Waals surface area contributed by atoms with Gasteiger partial charge in [-0.05, 0) is 12.8 Å². The summed E-state index contributed by atoms with van der Waals surface area (Å²) in [6.07, 6.45) is 17.4. The van der Waals surface area contributed by atoms with Gasteiger partial charge in [0, 0.05) is 0 Å². The summed E-state index contributed by atoms with van der Waals surface area (Å²) in [6.45, 7) is 4.25. The van der Waals surface area contributed by atoms with Crippen molar-refractivity contribution in [3.8, 4) is 0 Å². The third-order valence-corrected chi connectivity index (χ3v) is 4.69. The van der Waals surface area contributed by atoms with Crippen LogP contribution in [0.2, 0.25) is 0 Å². The molecule has 138 valence electrons. The Bertz CT molecular complexity index is 278. The first kappa shape index (κ1) is 22.4. The van der Waals surface area contributed by atoms with Gasteiger partial charge in [0.15, 0.2) is 0 Å². The molecule has 0 fully saturated rings. The molecule has 0 aromatic heterocycles. The van der Waals surface area contributed by atoms with E-state index in [1.54, 1.807) is 0 Å². The van der Waals surface area contributed by atoms with Gasteiger partial charge in [-0.25, -0.2) is 0 Å². The van der Waals surface area contributed by atoms with E-state index in [0.29, 0.717) is 12.8 Å². The van der Waals surface area contributed by atoms with Gasteiger partial charge in [-0.2, -0.15) is 0 Å². The molecule has 0 heterocycles. The van der Waals surface area contributed by atoms with Crippen molar-refractivity contribution in [3.05, 3.63) is 0 Å². The van der Waals surface area contributed by atoms with Gasteiger partial charge >= 0.3 is 5.97 Å². The lowest BCUT2D eigenvalue weighted by molar-refractivity contribution is -0.143. The third kappa shape index (κ3) is 14.7. The second kappa shape index (κ2) is 15.0. The van der Waals surface area contributed by atoms with Crippen molar-refractivity contribution < 1.29 is 15.0 Å². The van der Waals surface area contributed by atoms with E-state index in [0.717, 1.165) is 19.3 Å². The molecule has 0 aromatic carbocycles. The minimum Gasteiger partial charge on any atom is -0.481 e. The van der Waals surface area contributed by atoms with Gasteiger partial charge in [0.1, 0.15) is 0 Å². The Hall–Kier alpha value is -0.570. The number of rotatable bonds is 17. The van der Waals surface area contributed by atoms with E-state index < -0.39 is 11.6 Å². The van der Waals surface area contributed by atoms with Crippen molar-refractivity contribution in [2.24, 2.45) is 0 Å². The van der Waals surface area contributed by atoms with Crippen LogP contribution in [0, 0.1) is 0 Å². The summed E-state index contributed by atoms with van der Waals surface area (Å²) in [5, 5.41) is 19.3. The van der Waals surface area contributed by atoms with Crippen molar-refractivity contribution in [2.75, 3.05) is 0 Å². The summed E-state index contributed by atoms with van der Waals surface area (Å²) in [4.78, 5) is 10.8. The number of carbonyl (C=O) groups is 1. The molecule has 0 spiro atoms. The van der Waals surface area contributed by atoms with E-state index in [9.17, 15) is 9.90 Å². The van der Waals surface area contributed by atoms with Gasteiger partial charge in [-0.3, -0.25) is 4.79 Å². The van der Waals surface area contributed by atoms with Gasteiger partial charge in [0.2, 0.25) is 0 Å². The second-order valence-corrected chi connectivity index (χ2v) is 7.18. The number of carboxylic acid groups (broad SMARTS) is 1. The molecule has 0 saturated carbocycles. The Balaban J connectivity index is 3.47. The zero-order chi connectivity index (χ0) is 17.4. The van der Waals surface area contributed by atoms with Gasteiger partial charge in [0.05, 0.1) is 12.0 Å². The molecule has 0 saturated heterocycles. The maximum absolute atomic E-state index is 10.8. The van der Waals surface area contributed by atoms with Crippen LogP contribution in [-0.2, 0) is 4.79 Å². The summed E-state index contributed by atoms with van der Waals surface area (Å²) in [5.41, 5.74) is -0.987. The summed E-state index contributed by atoms with van der Waals surface area (Å²) in [5.74, 6) is -0.889. The lowest BCUT2D eigenvalue weighted by Gasteiger charge is -2.26. The molecule has 0 amide bonds. The maximum Gasteiger partial charge on any atom is 0.306 e. The lowest BCUT2D eigenvalue weighted by atomic mass is 9.88. The molecule has 1 atom stereocenters. The summed E-state index contributed by atoms with van der Waals surface area (Å²) in [6, 6.07) is 0. The number of carboxylic acids is 1. The van der Waals surface area contributed by atoms with Crippen molar-refractivity contribution >= 4 is 5.97 Å². The molecule has 0 aliphatic heterocycles. The highest BCUT2D eigenvalue weighted by molar-refractivity contribution is 5.68. The second-order valence-electron chi connectivity index (χ2n) is 7.18. The van der Waals surface area contributed by atoms with Gasteiger partial charge in [0.25, 0.3) is 0 Å². The van der Waals surface area contributed by atoms with E-state index in [1.807, 2.05) is 6.92 Å². The van der Waals surface area contributed by atoms with E-state index in [2.05, 4.69) is 6.92 Å². The zero-order valence-corrected chi connectivity index (χ0v) is 15.6. The van der Waals surface area contributed by atoms with Crippen LogP contribution in [0.3, 0.4) is 0 Å². The highest BCUT2D eigenvalue weighted by Crippen LogP contribution is 2.25. The van der Waals surface area contributed by atoms with Crippen molar-refractivity contribution in [3.63, 3.8) is 0 Å². The van der Waals surface area contributed by atoms with E-state index >= 15 is 0 Å². The molecule has 0 aliphatic carbocycles. The van der Waals surface area contributed by atoms with Crippen LogP contribution in [0.25, 0.3) is 0 Å². The van der Waals surface area contributed by atoms with E-state index in [4.69, 9.17) is 5.11 Å². The predicted octanol–water partition coefficient (Wildman–Crippen LogP) is 6.08. The molecule has 0 rings (SSSR count). The average molecular weight is 329 g/mol. The molecular formula is C20H40O3. The first-order valence-corrected chi connectivity index (χ1v) is 9.98. The molecule has 0 aliphatic rings. The Morgan fingerprint density at radius 3 is 1.52 bits per heavy atom. The minimum atomic E-state index is -0.987. The van der Waals surface area contributed by atoms with Crippen LogP contribution in [0.4, 0.5) is 0 Å². The quantitative estimate of drug-likeness (QED) is 0.318. The number of hydrogen-bond donors (Lipinski definition) is 2. The van der Waals surface area contributed by atoms with E-state index in [-0.39, 0.29) is 6.42 Å². The molecule has 2 N–H and O–H groups in total. The number of unbranched alkanes of at least 4 members (excludes halogenated alkanes) is 11. The Kier molecular flexibility index (Phi) is 14.6. The fraction of sp³-hybridized carbons (Fsp3) is 0.950. The van der Waals surface area contributed by atoms with Crippen LogP contribution in [0.5, 0.6) is 0 Å². The Morgan fingerprint density at radius 1 is 0.696 bits per heavy atom. The zero-order valence-electron chi connectivity index (χ0n) is 15.6. The summed E-state index contributed by atoms with van der Waals surface area (Å²) >= 11 is 0. The fourth-order valence-corrected chi connectivity index (χ4v) is 3.34. The Labute approximate surface area is 143 Å². The average Bonchev–Trinajstić information content (AvgIpc) is 2.48. The van der Waals surface area contributed by atoms with Crippen molar-refractivity contribution in [1.29, 1.82) is 0 Å². The highest BCUT2D eigenvalue weighted by Gasteiger charge is 2.28. The van der Waals surface area contributed by atoms with Crippen LogP contribution in [-0.4, -0.2) is 21.8 Å². The third-order valence-electron chi connectivity index (χ3n) is 4.69. The molecule has 3 heteroatoms. The van der Waals surface area contributed by atoms with Crippen molar-refractivity contribution in [1.82, 2.24) is 0 Å². The van der Waals surface area contributed by atoms with Gasteiger partial charge in [-0.15, -0.1) is 0 Å². The lowest BCUT2D eigenvalue weighted by Crippen LogP contribution is -2.31. The number of aliphatic hydroxyl groups is 1. The summed E-state index contributed by atoms with van der Waals surface area (Å²) in [7, 11) is 0. The van der Waals surface area contributed by atoms with Gasteiger partial charge < -0.3 is 10.2 Å². The fourth-order valence-electron chi connectivity index (χ4n) is 3.34. The molecule has 0 bridgehead atoms. The minimum absolute atomic E-state index is 0.112. The SMILES string of the molecule is CCCCCCCCCCCCCCC(O)(CCC)CC(=O)O. The molecule has 0 radical (unpaired) electrons. The number of hydrogen-bond acceptors (Lipinski definition) is 2. The monoisotopic (exact) mass is 328 g/mol. The predicted molar refractivity (Wildman–Crippen MR) is 97.8 cm³/mol. The van der Waals surface area contributed by atoms with Crippen LogP contribution in [0.1, 0.15) is 117 Å². The maximum atomic E-state index is 10.8. The van der Waals surface area contributed by atoms with Crippen molar-refractivity contribution in [2.45, 2.75) is 122 Å². The molecule has 23 heavy (non-hydrogen) atoms. The van der Waals surface area contributed by atoms with Crippen LogP contribution < -0.4 is 0 Å².